The van der Waals surface area contributed by atoms with E-state index in [4.69, 9.17) is 11.6 Å². The van der Waals surface area contributed by atoms with Gasteiger partial charge in [0, 0.05) is 23.1 Å². The predicted octanol–water partition coefficient (Wildman–Crippen LogP) is 4.44. The van der Waals surface area contributed by atoms with Crippen LogP contribution in [-0.4, -0.2) is 10.8 Å². The van der Waals surface area contributed by atoms with Gasteiger partial charge in [0.05, 0.1) is 10.5 Å². The Morgan fingerprint density at radius 2 is 2.06 bits per heavy atom. The van der Waals surface area contributed by atoms with Crippen LogP contribution < -0.4 is 0 Å². The maximum atomic E-state index is 12.3. The van der Waals surface area contributed by atoms with Crippen molar-refractivity contribution < 1.29 is 4.79 Å². The van der Waals surface area contributed by atoms with Gasteiger partial charge in [-0.25, -0.2) is 0 Å². The molecule has 1 heterocycles. The highest BCUT2D eigenvalue weighted by Gasteiger charge is 2.19. The molecule has 0 aliphatic heterocycles. The largest absolute Gasteiger partial charge is 0.359 e. The molecule has 1 N–H and O–H groups in total. The van der Waals surface area contributed by atoms with Crippen molar-refractivity contribution in [2.24, 2.45) is 5.92 Å². The lowest BCUT2D eigenvalue weighted by atomic mass is 9.93. The van der Waals surface area contributed by atoms with Gasteiger partial charge in [0.1, 0.15) is 0 Å². The van der Waals surface area contributed by atoms with Crippen LogP contribution in [0.25, 0.3) is 10.9 Å². The van der Waals surface area contributed by atoms with Crippen LogP contribution in [0.5, 0.6) is 0 Å². The lowest BCUT2D eigenvalue weighted by Gasteiger charge is -2.09. The fraction of sp³-hybridized carbons (Fsp3) is 0.357. The van der Waals surface area contributed by atoms with E-state index >= 15 is 0 Å². The lowest BCUT2D eigenvalue weighted by molar-refractivity contribution is 0.0915. The topological polar surface area (TPSA) is 32.9 Å². The maximum Gasteiger partial charge on any atom is 0.168 e. The number of ketones is 1. The fourth-order valence-corrected chi connectivity index (χ4v) is 2.43. The number of aromatic nitrogens is 1. The number of H-pyrrole nitrogens is 1. The second kappa shape index (κ2) is 4.92. The fourth-order valence-electron chi connectivity index (χ4n) is 2.20. The van der Waals surface area contributed by atoms with Crippen LogP contribution in [0.4, 0.5) is 0 Å². The average molecular weight is 250 g/mol. The number of nitrogens with one attached hydrogen (secondary N) is 1. The smallest absolute Gasteiger partial charge is 0.168 e. The Balaban J connectivity index is 2.49. The van der Waals surface area contributed by atoms with E-state index in [1.54, 1.807) is 6.20 Å². The van der Waals surface area contributed by atoms with Crippen molar-refractivity contribution >= 4 is 28.3 Å². The molecule has 17 heavy (non-hydrogen) atoms. The summed E-state index contributed by atoms with van der Waals surface area (Å²) in [7, 11) is 0. The van der Waals surface area contributed by atoms with E-state index in [2.05, 4.69) is 4.98 Å². The maximum absolute atomic E-state index is 12.3. The minimum Gasteiger partial charge on any atom is -0.359 e. The number of rotatable bonds is 4. The minimum atomic E-state index is 0.105. The summed E-state index contributed by atoms with van der Waals surface area (Å²) in [5.74, 6) is 0.316. The number of aromatic amines is 1. The Morgan fingerprint density at radius 3 is 2.71 bits per heavy atom. The minimum absolute atomic E-state index is 0.105. The summed E-state index contributed by atoms with van der Waals surface area (Å²) in [4.78, 5) is 15.4. The molecule has 1 aromatic heterocycles. The molecule has 0 aliphatic carbocycles. The average Bonchev–Trinajstić information content (AvgIpc) is 2.75. The van der Waals surface area contributed by atoms with Crippen molar-refractivity contribution in [3.8, 4) is 0 Å². The van der Waals surface area contributed by atoms with Crippen LogP contribution in [0, 0.1) is 5.92 Å². The standard InChI is InChI=1S/C14H16ClNO/c1-3-9(4-2)14(17)11-8-16-13-10(11)6-5-7-12(13)15/h5-9,16H,3-4H2,1-2H3. The molecule has 0 atom stereocenters. The summed E-state index contributed by atoms with van der Waals surface area (Å²) in [5, 5.41) is 1.58. The van der Waals surface area contributed by atoms with Gasteiger partial charge in [-0.1, -0.05) is 37.6 Å². The highest BCUT2D eigenvalue weighted by Crippen LogP contribution is 2.27. The summed E-state index contributed by atoms with van der Waals surface area (Å²) in [6, 6.07) is 5.64. The molecule has 0 unspecified atom stereocenters. The molecule has 0 fully saturated rings. The van der Waals surface area contributed by atoms with Gasteiger partial charge in [-0.05, 0) is 18.9 Å². The molecule has 0 radical (unpaired) electrons. The second-order valence-corrected chi connectivity index (χ2v) is 4.65. The van der Waals surface area contributed by atoms with Gasteiger partial charge in [-0.3, -0.25) is 4.79 Å². The molecule has 0 amide bonds. The van der Waals surface area contributed by atoms with Gasteiger partial charge in [0.15, 0.2) is 5.78 Å². The number of fused-ring (bicyclic) bond motifs is 1. The van der Waals surface area contributed by atoms with Gasteiger partial charge in [0.2, 0.25) is 0 Å². The normalized spacial score (nSPS) is 11.3. The molecule has 1 aromatic carbocycles. The zero-order chi connectivity index (χ0) is 12.4. The van der Waals surface area contributed by atoms with E-state index in [1.165, 1.54) is 0 Å². The molecule has 3 heteroatoms. The number of carbonyl (C=O) groups is 1. The number of halogens is 1. The number of Topliss-reactive ketones (excluding diaryl/α,β-unsaturated/α-hetero) is 1. The second-order valence-electron chi connectivity index (χ2n) is 4.24. The zero-order valence-corrected chi connectivity index (χ0v) is 10.8. The predicted molar refractivity (Wildman–Crippen MR) is 71.7 cm³/mol. The lowest BCUT2D eigenvalue weighted by Crippen LogP contribution is -2.12. The first kappa shape index (κ1) is 12.2. The number of hydrogen-bond acceptors (Lipinski definition) is 1. The van der Waals surface area contributed by atoms with Crippen molar-refractivity contribution in [3.05, 3.63) is 35.0 Å². The Kier molecular flexibility index (Phi) is 3.53. The van der Waals surface area contributed by atoms with Gasteiger partial charge >= 0.3 is 0 Å². The van der Waals surface area contributed by atoms with Crippen LogP contribution >= 0.6 is 11.6 Å². The van der Waals surface area contributed by atoms with Crippen molar-refractivity contribution in [2.75, 3.05) is 0 Å². The number of hydrogen-bond donors (Lipinski definition) is 1. The summed E-state index contributed by atoms with van der Waals surface area (Å²) in [6.45, 7) is 4.10. The summed E-state index contributed by atoms with van der Waals surface area (Å²) in [5.41, 5.74) is 1.61. The quantitative estimate of drug-likeness (QED) is 0.799. The first-order valence-corrected chi connectivity index (χ1v) is 6.36. The molecule has 0 saturated heterocycles. The van der Waals surface area contributed by atoms with Crippen molar-refractivity contribution in [1.29, 1.82) is 0 Å². The van der Waals surface area contributed by atoms with Crippen molar-refractivity contribution in [2.45, 2.75) is 26.7 Å². The number of carbonyl (C=O) groups excluding carboxylic acids is 1. The highest BCUT2D eigenvalue weighted by atomic mass is 35.5. The van der Waals surface area contributed by atoms with Crippen molar-refractivity contribution in [3.63, 3.8) is 0 Å². The van der Waals surface area contributed by atoms with E-state index in [0.717, 1.165) is 29.3 Å². The third kappa shape index (κ3) is 2.09. The van der Waals surface area contributed by atoms with Crippen LogP contribution in [0.1, 0.15) is 37.0 Å². The van der Waals surface area contributed by atoms with Gasteiger partial charge in [-0.2, -0.15) is 0 Å². The molecule has 2 nitrogen and oxygen atoms in total. The van der Waals surface area contributed by atoms with E-state index < -0.39 is 0 Å². The molecule has 0 aliphatic rings. The number of para-hydroxylation sites is 1. The molecular weight excluding hydrogens is 234 g/mol. The van der Waals surface area contributed by atoms with Crippen LogP contribution in [0.3, 0.4) is 0 Å². The molecule has 2 aromatic rings. The Bertz CT molecular complexity index is 540. The summed E-state index contributed by atoms with van der Waals surface area (Å²) in [6.07, 6.45) is 3.53. The van der Waals surface area contributed by atoms with Crippen molar-refractivity contribution in [1.82, 2.24) is 4.98 Å². The molecule has 0 spiro atoms. The third-order valence-corrected chi connectivity index (χ3v) is 3.60. The van der Waals surface area contributed by atoms with E-state index in [1.807, 2.05) is 32.0 Å². The van der Waals surface area contributed by atoms with E-state index in [9.17, 15) is 4.79 Å². The van der Waals surface area contributed by atoms with Gasteiger partial charge < -0.3 is 4.98 Å². The number of benzene rings is 1. The third-order valence-electron chi connectivity index (χ3n) is 3.29. The molecule has 90 valence electrons. The molecule has 2 rings (SSSR count). The van der Waals surface area contributed by atoms with Gasteiger partial charge in [0.25, 0.3) is 0 Å². The Hall–Kier alpha value is -1.28. The van der Waals surface area contributed by atoms with Gasteiger partial charge in [-0.15, -0.1) is 0 Å². The first-order chi connectivity index (χ1) is 8.19. The van der Waals surface area contributed by atoms with Crippen LogP contribution in [-0.2, 0) is 0 Å². The highest BCUT2D eigenvalue weighted by molar-refractivity contribution is 6.35. The van der Waals surface area contributed by atoms with E-state index in [0.29, 0.717) is 5.02 Å². The van der Waals surface area contributed by atoms with E-state index in [-0.39, 0.29) is 11.7 Å². The summed E-state index contributed by atoms with van der Waals surface area (Å²) < 4.78 is 0. The van der Waals surface area contributed by atoms with Crippen LogP contribution in [0.15, 0.2) is 24.4 Å². The molecule has 0 bridgehead atoms. The summed E-state index contributed by atoms with van der Waals surface area (Å²) >= 11 is 6.08. The Labute approximate surface area is 106 Å². The molecule has 0 saturated carbocycles. The zero-order valence-electron chi connectivity index (χ0n) is 10.1. The SMILES string of the molecule is CCC(CC)C(=O)c1c[nH]c2c(Cl)cccc12. The first-order valence-electron chi connectivity index (χ1n) is 5.98. The van der Waals surface area contributed by atoms with Crippen LogP contribution in [0.2, 0.25) is 5.02 Å². The molecular formula is C14H16ClNO. The monoisotopic (exact) mass is 249 g/mol. The Morgan fingerprint density at radius 1 is 1.35 bits per heavy atom.